The van der Waals surface area contributed by atoms with E-state index in [0.717, 1.165) is 15.6 Å². The predicted octanol–water partition coefficient (Wildman–Crippen LogP) is 4.52. The second kappa shape index (κ2) is 6.50. The van der Waals surface area contributed by atoms with Crippen LogP contribution in [0.1, 0.15) is 11.1 Å². The highest BCUT2D eigenvalue weighted by Gasteiger charge is 2.25. The molecule has 3 rings (SSSR count). The maximum Gasteiger partial charge on any atom is 0.363 e. The van der Waals surface area contributed by atoms with Crippen molar-refractivity contribution in [2.75, 3.05) is 6.26 Å². The summed E-state index contributed by atoms with van der Waals surface area (Å²) in [5, 5.41) is 0. The minimum atomic E-state index is -0.431. The summed E-state index contributed by atoms with van der Waals surface area (Å²) < 4.78 is 6.11. The summed E-state index contributed by atoms with van der Waals surface area (Å²) in [4.78, 5) is 17.5. The molecule has 110 valence electrons. The molecule has 1 aliphatic rings. The number of carbonyl (C=O) groups is 1. The number of hydrogen-bond acceptors (Lipinski definition) is 4. The fraction of sp³-hybridized carbons (Fsp3) is 0.0588. The maximum absolute atomic E-state index is 12.0. The number of halogens is 1. The number of rotatable bonds is 3. The maximum atomic E-state index is 12.0. The van der Waals surface area contributed by atoms with Crippen molar-refractivity contribution in [2.24, 2.45) is 4.99 Å². The number of ether oxygens (including phenoxy) is 1. The zero-order valence-electron chi connectivity index (χ0n) is 11.7. The van der Waals surface area contributed by atoms with Gasteiger partial charge in [-0.25, -0.2) is 9.79 Å². The SMILES string of the molecule is CSc1ccc(C=C2N=C(c3ccccc3Br)OC2=O)cc1. The highest BCUT2D eigenvalue weighted by atomic mass is 79.9. The number of hydrogen-bond donors (Lipinski definition) is 0. The van der Waals surface area contributed by atoms with Crippen LogP contribution >= 0.6 is 27.7 Å². The van der Waals surface area contributed by atoms with E-state index in [4.69, 9.17) is 4.74 Å². The van der Waals surface area contributed by atoms with Gasteiger partial charge in [0.25, 0.3) is 0 Å². The lowest BCUT2D eigenvalue weighted by atomic mass is 10.2. The third kappa shape index (κ3) is 3.15. The number of carbonyl (C=O) groups excluding carboxylic acids is 1. The summed E-state index contributed by atoms with van der Waals surface area (Å²) in [6.07, 6.45) is 3.76. The van der Waals surface area contributed by atoms with E-state index in [9.17, 15) is 4.79 Å². The van der Waals surface area contributed by atoms with E-state index in [-0.39, 0.29) is 0 Å². The van der Waals surface area contributed by atoms with Crippen molar-refractivity contribution in [3.8, 4) is 0 Å². The Morgan fingerprint density at radius 1 is 1.14 bits per heavy atom. The van der Waals surface area contributed by atoms with Crippen molar-refractivity contribution in [3.05, 3.63) is 69.8 Å². The molecule has 22 heavy (non-hydrogen) atoms. The van der Waals surface area contributed by atoms with E-state index in [2.05, 4.69) is 20.9 Å². The zero-order chi connectivity index (χ0) is 15.5. The van der Waals surface area contributed by atoms with Crippen molar-refractivity contribution in [3.63, 3.8) is 0 Å². The summed E-state index contributed by atoms with van der Waals surface area (Å²) in [5.41, 5.74) is 1.99. The number of nitrogens with zero attached hydrogens (tertiary/aromatic N) is 1. The summed E-state index contributed by atoms with van der Waals surface area (Å²) in [7, 11) is 0. The van der Waals surface area contributed by atoms with Gasteiger partial charge in [-0.05, 0) is 58.1 Å². The Kier molecular flexibility index (Phi) is 4.45. The quantitative estimate of drug-likeness (QED) is 0.451. The molecule has 0 bridgehead atoms. The molecule has 5 heteroatoms. The third-order valence-corrected chi connectivity index (χ3v) is 4.58. The first-order valence-corrected chi connectivity index (χ1v) is 8.60. The highest BCUT2D eigenvalue weighted by molar-refractivity contribution is 9.10. The minimum absolute atomic E-state index is 0.308. The Morgan fingerprint density at radius 3 is 2.55 bits per heavy atom. The summed E-state index contributed by atoms with van der Waals surface area (Å²) in [6, 6.07) is 15.4. The van der Waals surface area contributed by atoms with Crippen LogP contribution in [0.15, 0.2) is 68.6 Å². The van der Waals surface area contributed by atoms with Crippen LogP contribution in [0.2, 0.25) is 0 Å². The van der Waals surface area contributed by atoms with E-state index in [1.165, 1.54) is 4.90 Å². The van der Waals surface area contributed by atoms with Gasteiger partial charge >= 0.3 is 5.97 Å². The molecular formula is C17H12BrNO2S. The molecule has 0 aromatic heterocycles. The van der Waals surface area contributed by atoms with Gasteiger partial charge in [0.1, 0.15) is 0 Å². The van der Waals surface area contributed by atoms with Gasteiger partial charge in [-0.2, -0.15) is 0 Å². The van der Waals surface area contributed by atoms with Crippen LogP contribution in [0, 0.1) is 0 Å². The Labute approximate surface area is 141 Å². The summed E-state index contributed by atoms with van der Waals surface area (Å²) in [6.45, 7) is 0. The molecule has 0 fully saturated rings. The number of benzene rings is 2. The minimum Gasteiger partial charge on any atom is -0.402 e. The molecule has 0 spiro atoms. The van der Waals surface area contributed by atoms with Crippen LogP contribution < -0.4 is 0 Å². The number of esters is 1. The smallest absolute Gasteiger partial charge is 0.363 e. The Hall–Kier alpha value is -1.85. The van der Waals surface area contributed by atoms with Crippen LogP contribution in [-0.2, 0) is 9.53 Å². The first-order chi connectivity index (χ1) is 10.7. The van der Waals surface area contributed by atoms with Crippen LogP contribution in [0.3, 0.4) is 0 Å². The number of aliphatic imine (C=N–C) groups is 1. The molecule has 0 saturated heterocycles. The van der Waals surface area contributed by atoms with Crippen molar-refractivity contribution >= 4 is 45.6 Å². The second-order valence-electron chi connectivity index (χ2n) is 4.59. The van der Waals surface area contributed by atoms with Gasteiger partial charge in [-0.3, -0.25) is 0 Å². The molecular weight excluding hydrogens is 362 g/mol. The van der Waals surface area contributed by atoms with Gasteiger partial charge in [0.2, 0.25) is 5.90 Å². The lowest BCUT2D eigenvalue weighted by molar-refractivity contribution is -0.129. The van der Waals surface area contributed by atoms with Crippen LogP contribution in [0.25, 0.3) is 6.08 Å². The number of cyclic esters (lactones) is 1. The summed E-state index contributed by atoms with van der Waals surface area (Å²) in [5.74, 6) is -0.107. The van der Waals surface area contributed by atoms with E-state index in [1.807, 2.05) is 54.8 Å². The van der Waals surface area contributed by atoms with E-state index in [1.54, 1.807) is 17.8 Å². The standard InChI is InChI=1S/C17H12BrNO2S/c1-22-12-8-6-11(7-9-12)10-15-17(20)21-16(19-15)13-4-2-3-5-14(13)18/h2-10H,1H3. The fourth-order valence-corrected chi connectivity index (χ4v) is 2.88. The van der Waals surface area contributed by atoms with Crippen molar-refractivity contribution in [2.45, 2.75) is 4.90 Å². The molecule has 0 amide bonds. The van der Waals surface area contributed by atoms with Gasteiger partial charge in [-0.15, -0.1) is 11.8 Å². The first kappa shape index (κ1) is 15.1. The normalized spacial score (nSPS) is 15.8. The lowest BCUT2D eigenvalue weighted by Gasteiger charge is -2.01. The molecule has 1 heterocycles. The largest absolute Gasteiger partial charge is 0.402 e. The average Bonchev–Trinajstić information content (AvgIpc) is 2.89. The molecule has 1 aliphatic heterocycles. The van der Waals surface area contributed by atoms with Gasteiger partial charge in [0.05, 0.1) is 5.56 Å². The highest BCUT2D eigenvalue weighted by Crippen LogP contribution is 2.24. The van der Waals surface area contributed by atoms with E-state index in [0.29, 0.717) is 11.6 Å². The molecule has 0 radical (unpaired) electrons. The summed E-state index contributed by atoms with van der Waals surface area (Å²) >= 11 is 5.11. The van der Waals surface area contributed by atoms with Crippen molar-refractivity contribution in [1.82, 2.24) is 0 Å². The van der Waals surface area contributed by atoms with E-state index >= 15 is 0 Å². The van der Waals surface area contributed by atoms with Crippen molar-refractivity contribution < 1.29 is 9.53 Å². The molecule has 0 saturated carbocycles. The van der Waals surface area contributed by atoms with Crippen LogP contribution in [0.4, 0.5) is 0 Å². The van der Waals surface area contributed by atoms with Crippen molar-refractivity contribution in [1.29, 1.82) is 0 Å². The zero-order valence-corrected chi connectivity index (χ0v) is 14.1. The number of thioether (sulfide) groups is 1. The molecule has 2 aromatic rings. The molecule has 0 N–H and O–H groups in total. The lowest BCUT2D eigenvalue weighted by Crippen LogP contribution is -2.05. The van der Waals surface area contributed by atoms with Gasteiger partial charge in [0, 0.05) is 9.37 Å². The van der Waals surface area contributed by atoms with Gasteiger partial charge < -0.3 is 4.74 Å². The third-order valence-electron chi connectivity index (χ3n) is 3.14. The molecule has 0 atom stereocenters. The topological polar surface area (TPSA) is 38.7 Å². The molecule has 0 aliphatic carbocycles. The average molecular weight is 374 g/mol. The van der Waals surface area contributed by atoms with E-state index < -0.39 is 5.97 Å². The van der Waals surface area contributed by atoms with Crippen LogP contribution in [0.5, 0.6) is 0 Å². The van der Waals surface area contributed by atoms with Gasteiger partial charge in [0.15, 0.2) is 5.70 Å². The monoisotopic (exact) mass is 373 g/mol. The molecule has 3 nitrogen and oxygen atoms in total. The first-order valence-electron chi connectivity index (χ1n) is 6.59. The molecule has 0 unspecified atom stereocenters. The molecule has 2 aromatic carbocycles. The Balaban J connectivity index is 1.92. The van der Waals surface area contributed by atoms with Crippen LogP contribution in [-0.4, -0.2) is 18.1 Å². The Bertz CT molecular complexity index is 782. The predicted molar refractivity (Wildman–Crippen MR) is 93.0 cm³/mol. The Morgan fingerprint density at radius 2 is 1.86 bits per heavy atom. The van der Waals surface area contributed by atoms with Gasteiger partial charge in [-0.1, -0.05) is 24.3 Å². The second-order valence-corrected chi connectivity index (χ2v) is 6.32. The fourth-order valence-electron chi connectivity index (χ4n) is 2.02.